The van der Waals surface area contributed by atoms with Crippen LogP contribution >= 0.6 is 15.9 Å². The quantitative estimate of drug-likeness (QED) is 0.667. The maximum atomic E-state index is 10.1. The van der Waals surface area contributed by atoms with E-state index in [-0.39, 0.29) is 6.04 Å². The lowest BCUT2D eigenvalue weighted by Crippen LogP contribution is -2.43. The summed E-state index contributed by atoms with van der Waals surface area (Å²) in [6, 6.07) is 15.4. The molecule has 0 saturated carbocycles. The molecule has 4 nitrogen and oxygen atoms in total. The Balaban J connectivity index is 1.75. The zero-order chi connectivity index (χ0) is 15.1. The van der Waals surface area contributed by atoms with Crippen LogP contribution in [0.4, 0.5) is 0 Å². The van der Waals surface area contributed by atoms with Gasteiger partial charge in [-0.05, 0) is 40.0 Å². The van der Waals surface area contributed by atoms with E-state index in [9.17, 15) is 5.11 Å². The van der Waals surface area contributed by atoms with Crippen LogP contribution < -0.4 is 11.1 Å². The van der Waals surface area contributed by atoms with Crippen LogP contribution in [-0.2, 0) is 13.0 Å². The molecule has 0 aliphatic carbocycles. The number of aliphatic hydroxyl groups excluding tert-OH is 1. The van der Waals surface area contributed by atoms with Crippen LogP contribution in [0.2, 0.25) is 0 Å². The Morgan fingerprint density at radius 3 is 2.62 bits per heavy atom. The molecule has 1 aromatic heterocycles. The largest absolute Gasteiger partial charge is 0.390 e. The van der Waals surface area contributed by atoms with Crippen molar-refractivity contribution in [3.63, 3.8) is 0 Å². The SMILES string of the molecule is N[C@@H](Cc1ccccc1)[C@H](O)CNCc1cccc(Br)n1. The van der Waals surface area contributed by atoms with E-state index in [2.05, 4.69) is 26.2 Å². The Hall–Kier alpha value is -1.27. The van der Waals surface area contributed by atoms with Crippen molar-refractivity contribution in [3.05, 3.63) is 64.4 Å². The fraction of sp³-hybridized carbons (Fsp3) is 0.312. The lowest BCUT2D eigenvalue weighted by molar-refractivity contribution is 0.141. The van der Waals surface area contributed by atoms with E-state index in [1.54, 1.807) is 0 Å². The fourth-order valence-corrected chi connectivity index (χ4v) is 2.45. The number of rotatable bonds is 7. The van der Waals surface area contributed by atoms with E-state index in [1.807, 2.05) is 48.5 Å². The van der Waals surface area contributed by atoms with Crippen molar-refractivity contribution >= 4 is 15.9 Å². The monoisotopic (exact) mass is 349 g/mol. The molecule has 0 fully saturated rings. The van der Waals surface area contributed by atoms with E-state index >= 15 is 0 Å². The summed E-state index contributed by atoms with van der Waals surface area (Å²) in [6.45, 7) is 1.05. The first kappa shape index (κ1) is 16.1. The van der Waals surface area contributed by atoms with Gasteiger partial charge >= 0.3 is 0 Å². The molecule has 0 aliphatic rings. The molecular formula is C16H20BrN3O. The van der Waals surface area contributed by atoms with Crippen LogP contribution in [0.25, 0.3) is 0 Å². The van der Waals surface area contributed by atoms with Crippen molar-refractivity contribution in [3.8, 4) is 0 Å². The highest BCUT2D eigenvalue weighted by Crippen LogP contribution is 2.07. The van der Waals surface area contributed by atoms with Gasteiger partial charge in [0.2, 0.25) is 0 Å². The van der Waals surface area contributed by atoms with Crippen LogP contribution in [0.3, 0.4) is 0 Å². The number of nitrogens with one attached hydrogen (secondary N) is 1. The third-order valence-electron chi connectivity index (χ3n) is 3.24. The second-order valence-electron chi connectivity index (χ2n) is 5.00. The molecule has 21 heavy (non-hydrogen) atoms. The summed E-state index contributed by atoms with van der Waals surface area (Å²) in [5, 5.41) is 13.3. The summed E-state index contributed by atoms with van der Waals surface area (Å²) in [6.07, 6.45) is 0.0797. The summed E-state index contributed by atoms with van der Waals surface area (Å²) in [7, 11) is 0. The Bertz CT molecular complexity index is 550. The number of hydrogen-bond donors (Lipinski definition) is 3. The normalized spacial score (nSPS) is 13.9. The van der Waals surface area contributed by atoms with Crippen LogP contribution in [-0.4, -0.2) is 28.8 Å². The number of aliphatic hydroxyl groups is 1. The molecule has 0 bridgehead atoms. The fourth-order valence-electron chi connectivity index (χ4n) is 2.07. The molecule has 2 atom stereocenters. The minimum Gasteiger partial charge on any atom is -0.390 e. The average Bonchev–Trinajstić information content (AvgIpc) is 2.48. The molecule has 0 unspecified atom stereocenters. The van der Waals surface area contributed by atoms with Crippen molar-refractivity contribution < 1.29 is 5.11 Å². The number of pyridine rings is 1. The smallest absolute Gasteiger partial charge is 0.106 e. The van der Waals surface area contributed by atoms with Crippen LogP contribution in [0.5, 0.6) is 0 Å². The maximum Gasteiger partial charge on any atom is 0.106 e. The van der Waals surface area contributed by atoms with Gasteiger partial charge in [-0.1, -0.05) is 36.4 Å². The number of aromatic nitrogens is 1. The number of hydrogen-bond acceptors (Lipinski definition) is 4. The number of nitrogens with zero attached hydrogens (tertiary/aromatic N) is 1. The average molecular weight is 350 g/mol. The van der Waals surface area contributed by atoms with Gasteiger partial charge in [0.15, 0.2) is 0 Å². The first-order chi connectivity index (χ1) is 10.1. The summed E-state index contributed by atoms with van der Waals surface area (Å²) >= 11 is 3.34. The highest BCUT2D eigenvalue weighted by Gasteiger charge is 2.14. The molecule has 112 valence electrons. The Kier molecular flexibility index (Phi) is 6.32. The highest BCUT2D eigenvalue weighted by atomic mass is 79.9. The summed E-state index contributed by atoms with van der Waals surface area (Å²) < 4.78 is 0.808. The Morgan fingerprint density at radius 1 is 1.14 bits per heavy atom. The minimum absolute atomic E-state index is 0.282. The standard InChI is InChI=1S/C16H20BrN3O/c17-16-8-4-7-13(20-16)10-19-11-15(21)14(18)9-12-5-2-1-3-6-12/h1-8,14-15,19,21H,9-11,18H2/t14-,15+/m0/s1. The van der Waals surface area contributed by atoms with Gasteiger partial charge in [-0.25, -0.2) is 4.98 Å². The first-order valence-electron chi connectivity index (χ1n) is 6.95. The van der Waals surface area contributed by atoms with Crippen molar-refractivity contribution in [2.24, 2.45) is 5.73 Å². The molecule has 0 saturated heterocycles. The summed E-state index contributed by atoms with van der Waals surface area (Å²) in [5.41, 5.74) is 8.10. The van der Waals surface area contributed by atoms with Gasteiger partial charge in [-0.15, -0.1) is 0 Å². The molecule has 2 rings (SSSR count). The van der Waals surface area contributed by atoms with Crippen molar-refractivity contribution in [1.82, 2.24) is 10.3 Å². The second-order valence-corrected chi connectivity index (χ2v) is 5.82. The van der Waals surface area contributed by atoms with E-state index < -0.39 is 6.10 Å². The first-order valence-corrected chi connectivity index (χ1v) is 7.74. The predicted octanol–water partition coefficient (Wildman–Crippen LogP) is 1.86. The lowest BCUT2D eigenvalue weighted by Gasteiger charge is -2.19. The van der Waals surface area contributed by atoms with Gasteiger partial charge in [0.05, 0.1) is 11.8 Å². The van der Waals surface area contributed by atoms with Crippen molar-refractivity contribution in [2.45, 2.75) is 25.1 Å². The molecule has 0 radical (unpaired) electrons. The van der Waals surface area contributed by atoms with E-state index in [4.69, 9.17) is 5.73 Å². The van der Waals surface area contributed by atoms with Gasteiger partial charge in [-0.2, -0.15) is 0 Å². The van der Waals surface area contributed by atoms with Crippen LogP contribution in [0, 0.1) is 0 Å². The van der Waals surface area contributed by atoms with Crippen molar-refractivity contribution in [2.75, 3.05) is 6.54 Å². The van der Waals surface area contributed by atoms with E-state index in [0.29, 0.717) is 19.5 Å². The topological polar surface area (TPSA) is 71.2 Å². The molecule has 1 aromatic carbocycles. The van der Waals surface area contributed by atoms with Gasteiger partial charge in [-0.3, -0.25) is 0 Å². The Labute approximate surface area is 133 Å². The molecular weight excluding hydrogens is 330 g/mol. The molecule has 2 aromatic rings. The summed E-state index contributed by atoms with van der Waals surface area (Å²) in [5.74, 6) is 0. The van der Waals surface area contributed by atoms with Crippen LogP contribution in [0.1, 0.15) is 11.3 Å². The van der Waals surface area contributed by atoms with Crippen LogP contribution in [0.15, 0.2) is 53.1 Å². The predicted molar refractivity (Wildman–Crippen MR) is 87.8 cm³/mol. The van der Waals surface area contributed by atoms with Gasteiger partial charge in [0.1, 0.15) is 4.60 Å². The van der Waals surface area contributed by atoms with Gasteiger partial charge in [0, 0.05) is 19.1 Å². The maximum absolute atomic E-state index is 10.1. The molecule has 0 aliphatic heterocycles. The van der Waals surface area contributed by atoms with E-state index in [0.717, 1.165) is 15.9 Å². The number of nitrogens with two attached hydrogens (primary N) is 1. The molecule has 4 N–H and O–H groups in total. The Morgan fingerprint density at radius 2 is 1.90 bits per heavy atom. The number of benzene rings is 1. The molecule has 5 heteroatoms. The third-order valence-corrected chi connectivity index (χ3v) is 3.68. The zero-order valence-corrected chi connectivity index (χ0v) is 13.3. The zero-order valence-electron chi connectivity index (χ0n) is 11.7. The molecule has 1 heterocycles. The second kappa shape index (κ2) is 8.24. The molecule has 0 amide bonds. The third kappa shape index (κ3) is 5.55. The van der Waals surface area contributed by atoms with Gasteiger partial charge in [0.25, 0.3) is 0 Å². The van der Waals surface area contributed by atoms with Crippen molar-refractivity contribution in [1.29, 1.82) is 0 Å². The van der Waals surface area contributed by atoms with Gasteiger partial charge < -0.3 is 16.2 Å². The summed E-state index contributed by atoms with van der Waals surface area (Å²) in [4.78, 5) is 4.32. The minimum atomic E-state index is -0.586. The highest BCUT2D eigenvalue weighted by molar-refractivity contribution is 9.10. The lowest BCUT2D eigenvalue weighted by atomic mass is 10.0. The molecule has 0 spiro atoms. The number of halogens is 1. The van der Waals surface area contributed by atoms with E-state index in [1.165, 1.54) is 0 Å².